The molecular formula is C7H16NO. The molecule has 0 heterocycles. The van der Waals surface area contributed by atoms with Crippen LogP contribution in [-0.4, -0.2) is 17.3 Å². The van der Waals surface area contributed by atoms with Gasteiger partial charge < -0.3 is 10.8 Å². The van der Waals surface area contributed by atoms with Gasteiger partial charge in [0.1, 0.15) is 0 Å². The molecule has 0 bridgehead atoms. The molecule has 1 radical (unpaired) electrons. The molecule has 0 aromatic rings. The Hall–Kier alpha value is -0.0800. The van der Waals surface area contributed by atoms with Crippen molar-refractivity contribution in [2.24, 2.45) is 5.73 Å². The predicted octanol–water partition coefficient (Wildman–Crippen LogP) is 0.699. The molecule has 0 saturated carbocycles. The number of unbranched alkanes of at least 4 members (excludes halogenated alkanes) is 1. The lowest BCUT2D eigenvalue weighted by atomic mass is 10.1. The summed E-state index contributed by atoms with van der Waals surface area (Å²) in [5.41, 5.74) is 5.49. The van der Waals surface area contributed by atoms with Gasteiger partial charge in [-0.2, -0.15) is 0 Å². The SMILES string of the molecule is [CH2]C(O)C(N)CCCC. The number of hydrogen-bond donors (Lipinski definition) is 2. The van der Waals surface area contributed by atoms with Crippen LogP contribution >= 0.6 is 0 Å². The highest BCUT2D eigenvalue weighted by Crippen LogP contribution is 2.00. The molecule has 0 amide bonds. The van der Waals surface area contributed by atoms with Gasteiger partial charge in [0.2, 0.25) is 0 Å². The van der Waals surface area contributed by atoms with Crippen LogP contribution in [0.3, 0.4) is 0 Å². The van der Waals surface area contributed by atoms with Crippen molar-refractivity contribution in [2.75, 3.05) is 0 Å². The summed E-state index contributed by atoms with van der Waals surface area (Å²) in [5, 5.41) is 8.81. The van der Waals surface area contributed by atoms with Gasteiger partial charge in [-0.1, -0.05) is 19.8 Å². The van der Waals surface area contributed by atoms with Crippen LogP contribution in [-0.2, 0) is 0 Å². The van der Waals surface area contributed by atoms with Gasteiger partial charge in [0.15, 0.2) is 0 Å². The molecule has 3 N–H and O–H groups in total. The molecule has 9 heavy (non-hydrogen) atoms. The van der Waals surface area contributed by atoms with Gasteiger partial charge in [0.25, 0.3) is 0 Å². The third-order valence-corrected chi connectivity index (χ3v) is 1.39. The van der Waals surface area contributed by atoms with Gasteiger partial charge in [0.05, 0.1) is 6.10 Å². The second kappa shape index (κ2) is 4.77. The molecule has 0 spiro atoms. The number of aliphatic hydroxyl groups is 1. The predicted molar refractivity (Wildman–Crippen MR) is 38.9 cm³/mol. The van der Waals surface area contributed by atoms with E-state index in [0.717, 1.165) is 19.3 Å². The first-order chi connectivity index (χ1) is 4.18. The van der Waals surface area contributed by atoms with Crippen molar-refractivity contribution in [3.8, 4) is 0 Å². The van der Waals surface area contributed by atoms with Crippen molar-refractivity contribution in [3.05, 3.63) is 6.92 Å². The van der Waals surface area contributed by atoms with Crippen LogP contribution in [0.4, 0.5) is 0 Å². The Labute approximate surface area is 57.1 Å². The molecule has 0 saturated heterocycles. The van der Waals surface area contributed by atoms with E-state index < -0.39 is 6.10 Å². The van der Waals surface area contributed by atoms with Crippen molar-refractivity contribution < 1.29 is 5.11 Å². The second-order valence-electron chi connectivity index (χ2n) is 2.37. The maximum Gasteiger partial charge on any atom is 0.0692 e. The first kappa shape index (κ1) is 8.92. The van der Waals surface area contributed by atoms with E-state index in [1.165, 1.54) is 0 Å². The molecule has 2 unspecified atom stereocenters. The monoisotopic (exact) mass is 130 g/mol. The zero-order valence-corrected chi connectivity index (χ0v) is 6.01. The molecule has 0 rings (SSSR count). The standard InChI is InChI=1S/C7H16NO/c1-3-4-5-7(8)6(2)9/h6-7,9H,2-5,8H2,1H3. The van der Waals surface area contributed by atoms with E-state index >= 15 is 0 Å². The van der Waals surface area contributed by atoms with E-state index in [0.29, 0.717) is 0 Å². The summed E-state index contributed by atoms with van der Waals surface area (Å²) < 4.78 is 0. The maximum absolute atomic E-state index is 8.81. The summed E-state index contributed by atoms with van der Waals surface area (Å²) in [6.07, 6.45) is 2.48. The van der Waals surface area contributed by atoms with E-state index in [9.17, 15) is 0 Å². The largest absolute Gasteiger partial charge is 0.392 e. The fraction of sp³-hybridized carbons (Fsp3) is 0.857. The fourth-order valence-corrected chi connectivity index (χ4v) is 0.632. The maximum atomic E-state index is 8.81. The van der Waals surface area contributed by atoms with Crippen LogP contribution in [0, 0.1) is 6.92 Å². The van der Waals surface area contributed by atoms with Crippen molar-refractivity contribution in [1.29, 1.82) is 0 Å². The smallest absolute Gasteiger partial charge is 0.0692 e. The van der Waals surface area contributed by atoms with Crippen LogP contribution < -0.4 is 5.73 Å². The molecular weight excluding hydrogens is 114 g/mol. The van der Waals surface area contributed by atoms with Crippen molar-refractivity contribution >= 4 is 0 Å². The molecule has 2 atom stereocenters. The van der Waals surface area contributed by atoms with Crippen LogP contribution in [0.5, 0.6) is 0 Å². The Morgan fingerprint density at radius 3 is 2.56 bits per heavy atom. The average molecular weight is 130 g/mol. The van der Waals surface area contributed by atoms with Crippen LogP contribution in [0.15, 0.2) is 0 Å². The van der Waals surface area contributed by atoms with E-state index in [4.69, 9.17) is 10.8 Å². The van der Waals surface area contributed by atoms with E-state index in [1.54, 1.807) is 0 Å². The Morgan fingerprint density at radius 2 is 2.22 bits per heavy atom. The molecule has 0 aliphatic rings. The normalized spacial score (nSPS) is 17.3. The lowest BCUT2D eigenvalue weighted by Crippen LogP contribution is -2.32. The molecule has 0 fully saturated rings. The number of rotatable bonds is 4. The molecule has 0 aromatic heterocycles. The zero-order chi connectivity index (χ0) is 7.28. The molecule has 55 valence electrons. The third-order valence-electron chi connectivity index (χ3n) is 1.39. The summed E-state index contributed by atoms with van der Waals surface area (Å²) in [6.45, 7) is 5.52. The summed E-state index contributed by atoms with van der Waals surface area (Å²) in [6, 6.07) is -0.134. The quantitative estimate of drug-likeness (QED) is 0.588. The van der Waals surface area contributed by atoms with Gasteiger partial charge in [-0.15, -0.1) is 0 Å². The van der Waals surface area contributed by atoms with Crippen LogP contribution in [0.1, 0.15) is 26.2 Å². The highest BCUT2D eigenvalue weighted by atomic mass is 16.3. The second-order valence-corrected chi connectivity index (χ2v) is 2.37. The summed E-state index contributed by atoms with van der Waals surface area (Å²) in [4.78, 5) is 0. The Bertz CT molecular complexity index is 63.9. The van der Waals surface area contributed by atoms with Gasteiger partial charge in [0, 0.05) is 6.04 Å². The van der Waals surface area contributed by atoms with Gasteiger partial charge in [-0.25, -0.2) is 0 Å². The average Bonchev–Trinajstić information content (AvgIpc) is 1.82. The Morgan fingerprint density at radius 1 is 1.67 bits per heavy atom. The lowest BCUT2D eigenvalue weighted by molar-refractivity contribution is 0.182. The Balaban J connectivity index is 3.16. The summed E-state index contributed by atoms with van der Waals surface area (Å²) in [7, 11) is 0. The number of hydrogen-bond acceptors (Lipinski definition) is 2. The van der Waals surface area contributed by atoms with E-state index in [2.05, 4.69) is 13.8 Å². The minimum atomic E-state index is -0.600. The van der Waals surface area contributed by atoms with Crippen LogP contribution in [0.25, 0.3) is 0 Å². The lowest BCUT2D eigenvalue weighted by Gasteiger charge is -2.12. The topological polar surface area (TPSA) is 46.2 Å². The minimum absolute atomic E-state index is 0.134. The minimum Gasteiger partial charge on any atom is -0.392 e. The van der Waals surface area contributed by atoms with Gasteiger partial charge in [-0.05, 0) is 13.3 Å². The molecule has 2 heteroatoms. The molecule has 0 aliphatic carbocycles. The van der Waals surface area contributed by atoms with E-state index in [-0.39, 0.29) is 6.04 Å². The highest BCUT2D eigenvalue weighted by Gasteiger charge is 2.06. The summed E-state index contributed by atoms with van der Waals surface area (Å²) >= 11 is 0. The van der Waals surface area contributed by atoms with Gasteiger partial charge in [-0.3, -0.25) is 0 Å². The number of aliphatic hydroxyl groups excluding tert-OH is 1. The first-order valence-corrected chi connectivity index (χ1v) is 3.45. The van der Waals surface area contributed by atoms with Crippen molar-refractivity contribution in [2.45, 2.75) is 38.3 Å². The highest BCUT2D eigenvalue weighted by molar-refractivity contribution is 4.72. The molecule has 0 aromatic carbocycles. The molecule has 2 nitrogen and oxygen atoms in total. The number of nitrogens with two attached hydrogens (primary N) is 1. The van der Waals surface area contributed by atoms with Gasteiger partial charge >= 0.3 is 0 Å². The zero-order valence-electron chi connectivity index (χ0n) is 6.01. The van der Waals surface area contributed by atoms with E-state index in [1.807, 2.05) is 0 Å². The summed E-state index contributed by atoms with van der Waals surface area (Å²) in [5.74, 6) is 0. The third kappa shape index (κ3) is 4.43. The first-order valence-electron chi connectivity index (χ1n) is 3.45. The van der Waals surface area contributed by atoms with Crippen LogP contribution in [0.2, 0.25) is 0 Å². The van der Waals surface area contributed by atoms with Crippen molar-refractivity contribution in [3.63, 3.8) is 0 Å². The Kier molecular flexibility index (Phi) is 4.72. The molecule has 0 aliphatic heterocycles. The fourth-order valence-electron chi connectivity index (χ4n) is 0.632. The van der Waals surface area contributed by atoms with Crippen molar-refractivity contribution in [1.82, 2.24) is 0 Å².